The number of piperidine rings is 1. The van der Waals surface area contributed by atoms with Gasteiger partial charge in [0.2, 0.25) is 5.91 Å². The molecule has 1 saturated heterocycles. The number of aliphatic carboxylic acids is 1. The van der Waals surface area contributed by atoms with Gasteiger partial charge >= 0.3 is 12.1 Å². The summed E-state index contributed by atoms with van der Waals surface area (Å²) in [5.41, 5.74) is 0.865. The van der Waals surface area contributed by atoms with Crippen LogP contribution < -0.4 is 14.8 Å². The van der Waals surface area contributed by atoms with Crippen LogP contribution in [0.15, 0.2) is 55.4 Å². The molecule has 0 unspecified atom stereocenters. The van der Waals surface area contributed by atoms with E-state index in [4.69, 9.17) is 19.4 Å². The molecule has 0 spiro atoms. The molecule has 3 aromatic rings. The van der Waals surface area contributed by atoms with Crippen LogP contribution in [0.2, 0.25) is 0 Å². The second-order valence-corrected chi connectivity index (χ2v) is 8.35. The molecule has 1 aromatic heterocycles. The average Bonchev–Trinajstić information content (AvgIpc) is 2.93. The number of rotatable bonds is 6. The molecular weight excluding hydrogens is 540 g/mol. The Morgan fingerprint density at radius 3 is 2.27 bits per heavy atom. The number of hydrogen-bond acceptors (Lipinski definition) is 7. The average molecular weight is 564 g/mol. The molecule has 0 radical (unpaired) electrons. The largest absolute Gasteiger partial charge is 0.493 e. The summed E-state index contributed by atoms with van der Waals surface area (Å²) in [5.74, 6) is -2.40. The van der Waals surface area contributed by atoms with Crippen LogP contribution in [0.4, 0.5) is 23.4 Å². The number of aromatic nitrogens is 2. The van der Waals surface area contributed by atoms with E-state index in [2.05, 4.69) is 21.9 Å². The van der Waals surface area contributed by atoms with Crippen molar-refractivity contribution in [2.75, 3.05) is 25.5 Å². The topological polar surface area (TPSA) is 131 Å². The van der Waals surface area contributed by atoms with Gasteiger partial charge in [-0.3, -0.25) is 9.59 Å². The maximum Gasteiger partial charge on any atom is 0.490 e. The number of hydrogen-bond donors (Lipinski definition) is 2. The van der Waals surface area contributed by atoms with Gasteiger partial charge in [-0.2, -0.15) is 13.2 Å². The van der Waals surface area contributed by atoms with Crippen molar-refractivity contribution in [2.45, 2.75) is 25.1 Å². The Morgan fingerprint density at radius 2 is 1.73 bits per heavy atom. The second-order valence-electron chi connectivity index (χ2n) is 8.35. The number of carbonyl (C=O) groups excluding carboxylic acids is 2. The van der Waals surface area contributed by atoms with Crippen molar-refractivity contribution < 1.29 is 46.5 Å². The summed E-state index contributed by atoms with van der Waals surface area (Å²) in [6.07, 6.45) is -1.20. The number of carbonyl (C=O) groups is 3. The summed E-state index contributed by atoms with van der Waals surface area (Å²) in [6.45, 7) is 4.68. The number of alkyl halides is 3. The molecule has 1 aliphatic heterocycles. The number of nitrogens with one attached hydrogen (secondary N) is 1. The lowest BCUT2D eigenvalue weighted by molar-refractivity contribution is -0.192. The zero-order valence-electron chi connectivity index (χ0n) is 21.1. The minimum atomic E-state index is -5.08. The highest BCUT2D eigenvalue weighted by Gasteiger charge is 2.38. The van der Waals surface area contributed by atoms with E-state index in [9.17, 15) is 27.2 Å². The third-order valence-corrected chi connectivity index (χ3v) is 5.72. The van der Waals surface area contributed by atoms with Crippen molar-refractivity contribution in [3.05, 3.63) is 66.8 Å². The first-order valence-corrected chi connectivity index (χ1v) is 11.7. The minimum absolute atomic E-state index is 0.0876. The van der Waals surface area contributed by atoms with E-state index in [0.29, 0.717) is 59.7 Å². The quantitative estimate of drug-likeness (QED) is 0.336. The molecule has 40 heavy (non-hydrogen) atoms. The molecule has 212 valence electrons. The van der Waals surface area contributed by atoms with E-state index in [1.807, 2.05) is 0 Å². The molecule has 1 aliphatic rings. The monoisotopic (exact) mass is 564 g/mol. The number of benzene rings is 2. The standard InChI is InChI=1S/C24H23FN4O4.C2HF3O2/c1-3-22(30)29-10-8-17(9-11-29)33-21-12-18-19(13-20(21)32-2)26-14-27-23(18)28-24(31)15-4-6-16(25)7-5-15;3-2(4,5)1(6)7/h3-7,12-14,17H,1,8-11H2,2H3,(H,26,27,28,31);(H,6,7). The van der Waals surface area contributed by atoms with Gasteiger partial charge in [0, 0.05) is 42.9 Å². The number of carboxylic acids is 1. The summed E-state index contributed by atoms with van der Waals surface area (Å²) < 4.78 is 56.6. The number of fused-ring (bicyclic) bond motifs is 1. The number of likely N-dealkylation sites (tertiary alicyclic amines) is 1. The van der Waals surface area contributed by atoms with Crippen molar-refractivity contribution in [2.24, 2.45) is 0 Å². The summed E-state index contributed by atoms with van der Waals surface area (Å²) >= 11 is 0. The second kappa shape index (κ2) is 12.9. The van der Waals surface area contributed by atoms with Crippen LogP contribution >= 0.6 is 0 Å². The van der Waals surface area contributed by atoms with Crippen molar-refractivity contribution in [3.8, 4) is 11.5 Å². The molecular formula is C26H24F4N4O6. The predicted octanol–water partition coefficient (Wildman–Crippen LogP) is 4.22. The predicted molar refractivity (Wildman–Crippen MR) is 135 cm³/mol. The van der Waals surface area contributed by atoms with Gasteiger partial charge in [0.25, 0.3) is 5.91 Å². The zero-order valence-corrected chi connectivity index (χ0v) is 21.1. The summed E-state index contributed by atoms with van der Waals surface area (Å²) in [4.78, 5) is 43.5. The Hall–Kier alpha value is -4.75. The van der Waals surface area contributed by atoms with Crippen molar-refractivity contribution >= 4 is 34.5 Å². The van der Waals surface area contributed by atoms with Gasteiger partial charge in [-0.1, -0.05) is 6.58 Å². The van der Waals surface area contributed by atoms with Crippen LogP contribution in [0.25, 0.3) is 10.9 Å². The highest BCUT2D eigenvalue weighted by Crippen LogP contribution is 2.35. The molecule has 2 heterocycles. The molecule has 4 rings (SSSR count). The number of nitrogens with zero attached hydrogens (tertiary/aromatic N) is 3. The fourth-order valence-electron chi connectivity index (χ4n) is 3.70. The highest BCUT2D eigenvalue weighted by molar-refractivity contribution is 6.07. The van der Waals surface area contributed by atoms with Crippen LogP contribution in [-0.4, -0.2) is 70.2 Å². The Labute approximate surface area is 225 Å². The van der Waals surface area contributed by atoms with Crippen LogP contribution in [0.1, 0.15) is 23.2 Å². The number of methoxy groups -OCH3 is 1. The third kappa shape index (κ3) is 7.65. The van der Waals surface area contributed by atoms with Crippen molar-refractivity contribution in [1.82, 2.24) is 14.9 Å². The van der Waals surface area contributed by atoms with Crippen LogP contribution in [-0.2, 0) is 9.59 Å². The molecule has 0 aliphatic carbocycles. The van der Waals surface area contributed by atoms with E-state index < -0.39 is 23.9 Å². The smallest absolute Gasteiger partial charge is 0.490 e. The first-order chi connectivity index (χ1) is 18.9. The lowest BCUT2D eigenvalue weighted by Crippen LogP contribution is -2.41. The summed E-state index contributed by atoms with van der Waals surface area (Å²) in [5, 5.41) is 10.4. The first kappa shape index (κ1) is 29.8. The molecule has 14 heteroatoms. The molecule has 2 aromatic carbocycles. The summed E-state index contributed by atoms with van der Waals surface area (Å²) in [6, 6.07) is 8.69. The molecule has 0 atom stereocenters. The molecule has 1 fully saturated rings. The fraction of sp³-hybridized carbons (Fsp3) is 0.269. The van der Waals surface area contributed by atoms with Gasteiger partial charge in [0.1, 0.15) is 24.1 Å². The Bertz CT molecular complexity index is 1390. The SMILES string of the molecule is C=CC(=O)N1CCC(Oc2cc3c(NC(=O)c4ccc(F)cc4)ncnc3cc2OC)CC1.O=C(O)C(F)(F)F. The molecule has 0 saturated carbocycles. The van der Waals surface area contributed by atoms with Crippen LogP contribution in [0, 0.1) is 5.82 Å². The Kier molecular flexibility index (Phi) is 9.59. The zero-order chi connectivity index (χ0) is 29.4. The number of ether oxygens (including phenoxy) is 2. The van der Waals surface area contributed by atoms with Gasteiger partial charge in [-0.05, 0) is 36.4 Å². The van der Waals surface area contributed by atoms with Gasteiger partial charge in [-0.15, -0.1) is 0 Å². The van der Waals surface area contributed by atoms with Gasteiger partial charge in [0.05, 0.1) is 12.6 Å². The van der Waals surface area contributed by atoms with Crippen molar-refractivity contribution in [3.63, 3.8) is 0 Å². The number of carboxylic acid groups (broad SMARTS) is 1. The number of amides is 2. The number of anilines is 1. The van der Waals surface area contributed by atoms with E-state index in [1.54, 1.807) is 17.0 Å². The van der Waals surface area contributed by atoms with Gasteiger partial charge in [-0.25, -0.2) is 19.2 Å². The maximum atomic E-state index is 13.2. The van der Waals surface area contributed by atoms with E-state index in [0.717, 1.165) is 0 Å². The molecule has 0 bridgehead atoms. The molecule has 2 amide bonds. The summed E-state index contributed by atoms with van der Waals surface area (Å²) in [7, 11) is 1.54. The Morgan fingerprint density at radius 1 is 1.10 bits per heavy atom. The minimum Gasteiger partial charge on any atom is -0.493 e. The van der Waals surface area contributed by atoms with E-state index in [-0.39, 0.29) is 12.0 Å². The van der Waals surface area contributed by atoms with Gasteiger partial charge < -0.3 is 24.8 Å². The van der Waals surface area contributed by atoms with Crippen molar-refractivity contribution in [1.29, 1.82) is 0 Å². The van der Waals surface area contributed by atoms with Gasteiger partial charge in [0.15, 0.2) is 11.5 Å². The number of halogens is 4. The lowest BCUT2D eigenvalue weighted by Gasteiger charge is -2.31. The first-order valence-electron chi connectivity index (χ1n) is 11.7. The fourth-order valence-corrected chi connectivity index (χ4v) is 3.70. The van der Waals surface area contributed by atoms with E-state index in [1.165, 1.54) is 43.8 Å². The third-order valence-electron chi connectivity index (χ3n) is 5.72. The van der Waals surface area contributed by atoms with Crippen LogP contribution in [0.5, 0.6) is 11.5 Å². The van der Waals surface area contributed by atoms with E-state index >= 15 is 0 Å². The molecule has 2 N–H and O–H groups in total. The lowest BCUT2D eigenvalue weighted by atomic mass is 10.1. The highest BCUT2D eigenvalue weighted by atomic mass is 19.4. The Balaban J connectivity index is 0.000000559. The normalized spacial score (nSPS) is 13.6. The molecule has 10 nitrogen and oxygen atoms in total. The van der Waals surface area contributed by atoms with Crippen LogP contribution in [0.3, 0.4) is 0 Å². The maximum absolute atomic E-state index is 13.2.